The molecule has 0 bridgehead atoms. The third-order valence-electron chi connectivity index (χ3n) is 3.63. The SMILES string of the molecule is c1ccc2c(NCn3nnc4ccccc43)cccc2c1. The molecule has 0 unspecified atom stereocenters. The average Bonchev–Trinajstić information content (AvgIpc) is 2.96. The normalized spacial score (nSPS) is 11.0. The number of aromatic nitrogens is 3. The zero-order chi connectivity index (χ0) is 14.1. The van der Waals surface area contributed by atoms with E-state index in [1.54, 1.807) is 0 Å². The number of anilines is 1. The standard InChI is InChI=1S/C17H14N4/c1-2-8-14-13(6-1)7-5-10-15(14)18-12-21-17-11-4-3-9-16(17)19-20-21/h1-11,18H,12H2. The van der Waals surface area contributed by atoms with Gasteiger partial charge in [0.2, 0.25) is 0 Å². The number of nitrogens with one attached hydrogen (secondary N) is 1. The maximum absolute atomic E-state index is 4.19. The van der Waals surface area contributed by atoms with Crippen LogP contribution in [0.2, 0.25) is 0 Å². The molecule has 0 aliphatic rings. The van der Waals surface area contributed by atoms with Crippen molar-refractivity contribution in [3.8, 4) is 0 Å². The lowest BCUT2D eigenvalue weighted by Crippen LogP contribution is -2.09. The molecule has 1 heterocycles. The van der Waals surface area contributed by atoms with Crippen LogP contribution < -0.4 is 5.32 Å². The highest BCUT2D eigenvalue weighted by molar-refractivity contribution is 5.93. The van der Waals surface area contributed by atoms with Crippen molar-refractivity contribution in [1.82, 2.24) is 15.0 Å². The lowest BCUT2D eigenvalue weighted by Gasteiger charge is -2.10. The van der Waals surface area contributed by atoms with E-state index in [9.17, 15) is 0 Å². The van der Waals surface area contributed by atoms with Crippen molar-refractivity contribution in [2.75, 3.05) is 5.32 Å². The second-order valence-corrected chi connectivity index (χ2v) is 4.94. The van der Waals surface area contributed by atoms with E-state index in [0.717, 1.165) is 16.7 Å². The summed E-state index contributed by atoms with van der Waals surface area (Å²) < 4.78 is 1.87. The number of rotatable bonds is 3. The van der Waals surface area contributed by atoms with E-state index < -0.39 is 0 Å². The summed E-state index contributed by atoms with van der Waals surface area (Å²) in [5, 5.41) is 14.2. The topological polar surface area (TPSA) is 42.7 Å². The number of benzene rings is 3. The molecule has 0 aliphatic carbocycles. The van der Waals surface area contributed by atoms with Gasteiger partial charge in [-0.15, -0.1) is 5.10 Å². The van der Waals surface area contributed by atoms with Crippen LogP contribution in [-0.4, -0.2) is 15.0 Å². The fraction of sp³-hybridized carbons (Fsp3) is 0.0588. The van der Waals surface area contributed by atoms with Crippen LogP contribution in [0, 0.1) is 0 Å². The van der Waals surface area contributed by atoms with Gasteiger partial charge in [-0.2, -0.15) is 0 Å². The zero-order valence-corrected chi connectivity index (χ0v) is 11.4. The summed E-state index contributed by atoms with van der Waals surface area (Å²) in [5.41, 5.74) is 3.05. The molecule has 0 fully saturated rings. The van der Waals surface area contributed by atoms with Gasteiger partial charge in [0.25, 0.3) is 0 Å². The van der Waals surface area contributed by atoms with Gasteiger partial charge in [-0.3, -0.25) is 0 Å². The van der Waals surface area contributed by atoms with E-state index in [-0.39, 0.29) is 0 Å². The van der Waals surface area contributed by atoms with Crippen LogP contribution >= 0.6 is 0 Å². The molecule has 0 saturated heterocycles. The molecule has 21 heavy (non-hydrogen) atoms. The van der Waals surface area contributed by atoms with Gasteiger partial charge in [0.05, 0.1) is 5.52 Å². The van der Waals surface area contributed by atoms with E-state index >= 15 is 0 Å². The minimum atomic E-state index is 0.592. The summed E-state index contributed by atoms with van der Waals surface area (Å²) in [5.74, 6) is 0. The van der Waals surface area contributed by atoms with E-state index in [0.29, 0.717) is 6.67 Å². The Bertz CT molecular complexity index is 905. The van der Waals surface area contributed by atoms with Gasteiger partial charge in [0, 0.05) is 11.1 Å². The maximum atomic E-state index is 4.19. The third-order valence-corrected chi connectivity index (χ3v) is 3.63. The van der Waals surface area contributed by atoms with Gasteiger partial charge in [0.15, 0.2) is 0 Å². The molecule has 0 atom stereocenters. The van der Waals surface area contributed by atoms with Crippen molar-refractivity contribution in [2.45, 2.75) is 6.67 Å². The lowest BCUT2D eigenvalue weighted by molar-refractivity contribution is 0.656. The van der Waals surface area contributed by atoms with Gasteiger partial charge >= 0.3 is 0 Å². The van der Waals surface area contributed by atoms with Gasteiger partial charge < -0.3 is 5.32 Å². The first-order chi connectivity index (χ1) is 10.4. The first kappa shape index (κ1) is 11.9. The summed E-state index contributed by atoms with van der Waals surface area (Å²) in [6.45, 7) is 0.592. The number of hydrogen-bond donors (Lipinski definition) is 1. The third kappa shape index (κ3) is 2.10. The fourth-order valence-electron chi connectivity index (χ4n) is 2.57. The van der Waals surface area contributed by atoms with Crippen LogP contribution in [0.4, 0.5) is 5.69 Å². The van der Waals surface area contributed by atoms with E-state index in [1.807, 2.05) is 28.9 Å². The second kappa shape index (κ2) is 4.90. The van der Waals surface area contributed by atoms with Crippen molar-refractivity contribution in [1.29, 1.82) is 0 Å². The van der Waals surface area contributed by atoms with Gasteiger partial charge in [-0.1, -0.05) is 53.7 Å². The quantitative estimate of drug-likeness (QED) is 0.620. The average molecular weight is 274 g/mol. The molecular formula is C17H14N4. The summed E-state index contributed by atoms with van der Waals surface area (Å²) in [6.07, 6.45) is 0. The van der Waals surface area contributed by atoms with Gasteiger partial charge in [0.1, 0.15) is 12.2 Å². The number of hydrogen-bond acceptors (Lipinski definition) is 3. The second-order valence-electron chi connectivity index (χ2n) is 4.94. The van der Waals surface area contributed by atoms with Crippen LogP contribution in [0.5, 0.6) is 0 Å². The molecule has 4 heteroatoms. The molecule has 0 spiro atoms. The Hall–Kier alpha value is -2.88. The van der Waals surface area contributed by atoms with Crippen molar-refractivity contribution in [2.24, 2.45) is 0 Å². The van der Waals surface area contributed by atoms with Crippen molar-refractivity contribution in [3.05, 3.63) is 66.7 Å². The van der Waals surface area contributed by atoms with Crippen molar-refractivity contribution < 1.29 is 0 Å². The molecule has 4 rings (SSSR count). The predicted octanol–water partition coefficient (Wildman–Crippen LogP) is 3.65. The van der Waals surface area contributed by atoms with E-state index in [1.165, 1.54) is 10.8 Å². The Morgan fingerprint density at radius 3 is 2.67 bits per heavy atom. The summed E-state index contributed by atoms with van der Waals surface area (Å²) >= 11 is 0. The number of nitrogens with zero attached hydrogens (tertiary/aromatic N) is 3. The van der Waals surface area contributed by atoms with Crippen molar-refractivity contribution in [3.63, 3.8) is 0 Å². The van der Waals surface area contributed by atoms with Crippen LogP contribution in [0.1, 0.15) is 0 Å². The van der Waals surface area contributed by atoms with Crippen LogP contribution in [-0.2, 0) is 6.67 Å². The highest BCUT2D eigenvalue weighted by Gasteiger charge is 2.04. The minimum absolute atomic E-state index is 0.592. The van der Waals surface area contributed by atoms with Crippen molar-refractivity contribution >= 4 is 27.5 Å². The monoisotopic (exact) mass is 274 g/mol. The molecule has 1 N–H and O–H groups in total. The summed E-state index contributed by atoms with van der Waals surface area (Å²) in [4.78, 5) is 0. The number of fused-ring (bicyclic) bond motifs is 2. The molecule has 4 nitrogen and oxygen atoms in total. The zero-order valence-electron chi connectivity index (χ0n) is 11.4. The molecule has 0 amide bonds. The highest BCUT2D eigenvalue weighted by Crippen LogP contribution is 2.23. The Balaban J connectivity index is 1.67. The molecule has 0 saturated carbocycles. The minimum Gasteiger partial charge on any atom is -0.366 e. The molecule has 1 aromatic heterocycles. The van der Waals surface area contributed by atoms with Crippen LogP contribution in [0.15, 0.2) is 66.7 Å². The Kier molecular flexibility index (Phi) is 2.78. The number of para-hydroxylation sites is 1. The van der Waals surface area contributed by atoms with Gasteiger partial charge in [-0.05, 0) is 23.6 Å². The lowest BCUT2D eigenvalue weighted by atomic mass is 10.1. The summed E-state index contributed by atoms with van der Waals surface area (Å²) in [7, 11) is 0. The largest absolute Gasteiger partial charge is 0.366 e. The molecule has 102 valence electrons. The summed E-state index contributed by atoms with van der Waals surface area (Å²) in [6, 6.07) is 22.6. The first-order valence-corrected chi connectivity index (χ1v) is 6.92. The fourth-order valence-corrected chi connectivity index (χ4v) is 2.57. The first-order valence-electron chi connectivity index (χ1n) is 6.92. The predicted molar refractivity (Wildman–Crippen MR) is 85.1 cm³/mol. The molecule has 0 aliphatic heterocycles. The molecule has 3 aromatic carbocycles. The molecular weight excluding hydrogens is 260 g/mol. The van der Waals surface area contributed by atoms with E-state index in [4.69, 9.17) is 0 Å². The Labute approximate surface area is 122 Å². The highest BCUT2D eigenvalue weighted by atomic mass is 15.4. The van der Waals surface area contributed by atoms with E-state index in [2.05, 4.69) is 58.1 Å². The van der Waals surface area contributed by atoms with Crippen LogP contribution in [0.3, 0.4) is 0 Å². The van der Waals surface area contributed by atoms with Crippen LogP contribution in [0.25, 0.3) is 21.8 Å². The van der Waals surface area contributed by atoms with Gasteiger partial charge in [-0.25, -0.2) is 4.68 Å². The molecule has 4 aromatic rings. The Morgan fingerprint density at radius 1 is 0.857 bits per heavy atom. The maximum Gasteiger partial charge on any atom is 0.113 e. The Morgan fingerprint density at radius 2 is 1.67 bits per heavy atom. The molecule has 0 radical (unpaired) electrons. The smallest absolute Gasteiger partial charge is 0.113 e.